The van der Waals surface area contributed by atoms with Gasteiger partial charge in [-0.2, -0.15) is 4.31 Å². The topological polar surface area (TPSA) is 247 Å². The molecule has 16 nitrogen and oxygen atoms in total. The summed E-state index contributed by atoms with van der Waals surface area (Å²) in [6.07, 6.45) is -4.18. The Morgan fingerprint density at radius 1 is 1.28 bits per heavy atom. The second kappa shape index (κ2) is 9.67. The molecule has 1 aromatic rings. The molecule has 6 atom stereocenters. The summed E-state index contributed by atoms with van der Waals surface area (Å²) in [7, 11) is -11.1. The number of nitrogens with one attached hydrogen (secondary N) is 1. The molecular formula is C12H17N2O14P3S. The Kier molecular flexibility index (Phi) is 8.22. The lowest BCUT2D eigenvalue weighted by Gasteiger charge is -2.26. The standard InChI is InChI=1S/C12H17N2O14P3S/c1-2-4-12(18)9(16)7(26-10(12)14-5-3-8(15)13-11(14)17)6-25-31(24,32)28-30(22,23)27-29(19,20)21/h3,5,7,9-10,16,18H,6H2,1H3,(H,22,23)(H,24,32)(H,13,15,17)(H2,19,20,21)/t7-,9-,10-,12-,31?/m1/s1. The minimum Gasteiger partial charge on any atom is -0.386 e. The molecule has 1 aromatic heterocycles. The van der Waals surface area contributed by atoms with Crippen LogP contribution >= 0.6 is 22.4 Å². The molecule has 0 bridgehead atoms. The maximum atomic E-state index is 12.1. The highest BCUT2D eigenvalue weighted by Crippen LogP contribution is 2.66. The molecule has 1 aliphatic rings. The van der Waals surface area contributed by atoms with Crippen molar-refractivity contribution in [2.45, 2.75) is 31.0 Å². The summed E-state index contributed by atoms with van der Waals surface area (Å²) in [5, 5.41) is 21.3. The van der Waals surface area contributed by atoms with Crippen LogP contribution in [0.4, 0.5) is 0 Å². The monoisotopic (exact) mass is 538 g/mol. The predicted octanol–water partition coefficient (Wildman–Crippen LogP) is -1.99. The Hall–Kier alpha value is -1.05. The second-order valence-electron chi connectivity index (χ2n) is 6.08. The number of rotatable bonds is 8. The van der Waals surface area contributed by atoms with Gasteiger partial charge >= 0.3 is 28.1 Å². The average Bonchev–Trinajstić information content (AvgIpc) is 2.82. The van der Waals surface area contributed by atoms with Crippen LogP contribution in [0.25, 0.3) is 0 Å². The second-order valence-corrected chi connectivity index (χ2v) is 11.9. The van der Waals surface area contributed by atoms with Gasteiger partial charge in [0.25, 0.3) is 5.56 Å². The number of nitrogens with zero attached hydrogens (tertiary/aromatic N) is 1. The first-order chi connectivity index (χ1) is 14.5. The average molecular weight is 538 g/mol. The third-order valence-corrected chi connectivity index (χ3v) is 8.45. The van der Waals surface area contributed by atoms with E-state index in [9.17, 15) is 38.7 Å². The lowest BCUT2D eigenvalue weighted by atomic mass is 9.94. The summed E-state index contributed by atoms with van der Waals surface area (Å²) >= 11 is 4.45. The van der Waals surface area contributed by atoms with Crippen molar-refractivity contribution in [3.05, 3.63) is 33.1 Å². The van der Waals surface area contributed by atoms with Crippen LogP contribution in [0.2, 0.25) is 0 Å². The van der Waals surface area contributed by atoms with Gasteiger partial charge in [-0.1, -0.05) is 5.92 Å². The summed E-state index contributed by atoms with van der Waals surface area (Å²) in [4.78, 5) is 61.5. The molecule has 1 fully saturated rings. The molecule has 0 aliphatic carbocycles. The highest BCUT2D eigenvalue weighted by molar-refractivity contribution is 8.08. The predicted molar refractivity (Wildman–Crippen MR) is 106 cm³/mol. The van der Waals surface area contributed by atoms with Gasteiger partial charge in [0.2, 0.25) is 0 Å². The third-order valence-electron chi connectivity index (χ3n) is 3.73. The number of hydrogen-bond donors (Lipinski definition) is 7. The number of aromatic amines is 1. The summed E-state index contributed by atoms with van der Waals surface area (Å²) < 4.78 is 40.6. The van der Waals surface area contributed by atoms with Gasteiger partial charge in [0, 0.05) is 12.3 Å². The van der Waals surface area contributed by atoms with E-state index in [0.29, 0.717) is 0 Å². The van der Waals surface area contributed by atoms with Crippen LogP contribution in [0.15, 0.2) is 21.9 Å². The van der Waals surface area contributed by atoms with E-state index < -0.39 is 64.3 Å². The van der Waals surface area contributed by atoms with Crippen LogP contribution in [-0.4, -0.2) is 63.8 Å². The van der Waals surface area contributed by atoms with Gasteiger partial charge in [0.05, 0.1) is 6.61 Å². The molecule has 0 radical (unpaired) electrons. The maximum Gasteiger partial charge on any atom is 0.488 e. The minimum absolute atomic E-state index is 0.719. The lowest BCUT2D eigenvalue weighted by Crippen LogP contribution is -2.48. The molecule has 1 saturated heterocycles. The smallest absolute Gasteiger partial charge is 0.386 e. The summed E-state index contributed by atoms with van der Waals surface area (Å²) in [6.45, 7) is -4.32. The van der Waals surface area contributed by atoms with Crippen molar-refractivity contribution in [2.75, 3.05) is 6.61 Å². The van der Waals surface area contributed by atoms with E-state index in [1.165, 1.54) is 6.92 Å². The summed E-state index contributed by atoms with van der Waals surface area (Å²) in [5.41, 5.74) is -4.18. The Balaban J connectivity index is 2.24. The van der Waals surface area contributed by atoms with E-state index in [-0.39, 0.29) is 0 Å². The van der Waals surface area contributed by atoms with Gasteiger partial charge in [-0.25, -0.2) is 18.2 Å². The molecule has 2 unspecified atom stereocenters. The van der Waals surface area contributed by atoms with Crippen molar-refractivity contribution in [1.82, 2.24) is 9.55 Å². The molecule has 1 aliphatic heterocycles. The third kappa shape index (κ3) is 6.73. The molecule has 2 rings (SSSR count). The Morgan fingerprint density at radius 3 is 2.44 bits per heavy atom. The Morgan fingerprint density at radius 2 is 1.91 bits per heavy atom. The number of aliphatic hydroxyl groups excluding tert-OH is 1. The van der Waals surface area contributed by atoms with Crippen molar-refractivity contribution in [2.24, 2.45) is 0 Å². The molecule has 7 N–H and O–H groups in total. The number of ether oxygens (including phenoxy) is 1. The maximum absolute atomic E-state index is 12.1. The fourth-order valence-corrected chi connectivity index (χ4v) is 6.57. The van der Waals surface area contributed by atoms with Crippen LogP contribution in [0.5, 0.6) is 0 Å². The van der Waals surface area contributed by atoms with Gasteiger partial charge in [0.1, 0.15) is 12.2 Å². The Bertz CT molecular complexity index is 1180. The van der Waals surface area contributed by atoms with Crippen molar-refractivity contribution in [1.29, 1.82) is 0 Å². The van der Waals surface area contributed by atoms with E-state index >= 15 is 0 Å². The number of aromatic nitrogens is 2. The van der Waals surface area contributed by atoms with Gasteiger partial charge < -0.3 is 39.0 Å². The van der Waals surface area contributed by atoms with Crippen LogP contribution in [0.1, 0.15) is 13.2 Å². The normalized spacial score (nSPS) is 29.5. The van der Waals surface area contributed by atoms with Crippen LogP contribution in [0.3, 0.4) is 0 Å². The molecule has 180 valence electrons. The van der Waals surface area contributed by atoms with Crippen molar-refractivity contribution >= 4 is 34.2 Å². The largest absolute Gasteiger partial charge is 0.488 e. The quantitative estimate of drug-likeness (QED) is 0.140. The summed E-state index contributed by atoms with van der Waals surface area (Å²) in [5.74, 6) is 4.61. The molecule has 32 heavy (non-hydrogen) atoms. The van der Waals surface area contributed by atoms with Gasteiger partial charge in [-0.3, -0.25) is 14.3 Å². The molecule has 0 saturated carbocycles. The first-order valence-corrected chi connectivity index (χ1v) is 13.7. The Labute approximate surface area is 183 Å². The van der Waals surface area contributed by atoms with Gasteiger partial charge in [0.15, 0.2) is 11.8 Å². The minimum atomic E-state index is -5.57. The number of hydrogen-bond acceptors (Lipinski definition) is 11. The van der Waals surface area contributed by atoms with E-state index in [1.807, 2.05) is 4.98 Å². The van der Waals surface area contributed by atoms with Gasteiger partial charge in [-0.15, -0.1) is 5.92 Å². The van der Waals surface area contributed by atoms with E-state index in [0.717, 1.165) is 16.8 Å². The SMILES string of the molecule is CC#C[C@@]1(O)[C@H](O)[C@@H](COP(O)(=S)OP(=O)(O)OP(=O)(O)O)O[C@H]1n1ccc(=O)[nH]c1=O. The summed E-state index contributed by atoms with van der Waals surface area (Å²) in [6, 6.07) is 0.932. The molecule has 0 spiro atoms. The molecule has 0 amide bonds. The zero-order valence-electron chi connectivity index (χ0n) is 15.7. The molecule has 2 heterocycles. The van der Waals surface area contributed by atoms with Crippen LogP contribution in [0, 0.1) is 11.8 Å². The highest BCUT2D eigenvalue weighted by atomic mass is 32.5. The van der Waals surface area contributed by atoms with Crippen molar-refractivity contribution in [3.63, 3.8) is 0 Å². The zero-order valence-corrected chi connectivity index (χ0v) is 19.2. The van der Waals surface area contributed by atoms with E-state index in [4.69, 9.17) is 19.0 Å². The molecular weight excluding hydrogens is 521 g/mol. The first kappa shape index (κ1) is 27.2. The van der Waals surface area contributed by atoms with Gasteiger partial charge in [-0.05, 0) is 18.7 Å². The number of aliphatic hydroxyl groups is 2. The number of H-pyrrole nitrogens is 1. The zero-order chi connectivity index (χ0) is 24.5. The van der Waals surface area contributed by atoms with E-state index in [2.05, 4.69) is 32.3 Å². The highest BCUT2D eigenvalue weighted by Gasteiger charge is 2.56. The number of phosphoric acid groups is 2. The first-order valence-electron chi connectivity index (χ1n) is 8.09. The fraction of sp³-hybridized carbons (Fsp3) is 0.500. The lowest BCUT2D eigenvalue weighted by molar-refractivity contribution is -0.0758. The van der Waals surface area contributed by atoms with Crippen LogP contribution < -0.4 is 11.2 Å². The van der Waals surface area contributed by atoms with E-state index in [1.54, 1.807) is 0 Å². The van der Waals surface area contributed by atoms with Crippen molar-refractivity contribution in [3.8, 4) is 11.8 Å². The van der Waals surface area contributed by atoms with Crippen molar-refractivity contribution < 1.29 is 56.8 Å². The van der Waals surface area contributed by atoms with Crippen LogP contribution in [-0.2, 0) is 38.8 Å². The molecule has 20 heteroatoms. The fourth-order valence-electron chi connectivity index (χ4n) is 2.60. The molecule has 0 aromatic carbocycles.